The van der Waals surface area contributed by atoms with E-state index in [0.717, 1.165) is 29.7 Å². The van der Waals surface area contributed by atoms with Crippen molar-refractivity contribution in [2.24, 2.45) is 0 Å². The third kappa shape index (κ3) is 9.83. The fourth-order valence-electron chi connectivity index (χ4n) is 4.00. The van der Waals surface area contributed by atoms with Crippen molar-refractivity contribution in [3.63, 3.8) is 0 Å². The van der Waals surface area contributed by atoms with Gasteiger partial charge in [0.25, 0.3) is 0 Å². The minimum atomic E-state index is -0.734. The van der Waals surface area contributed by atoms with Crippen molar-refractivity contribution in [3.8, 4) is 16.9 Å². The van der Waals surface area contributed by atoms with E-state index in [-0.39, 0.29) is 24.5 Å². The monoisotopic (exact) mass is 562 g/mol. The van der Waals surface area contributed by atoms with Gasteiger partial charge in [0.05, 0.1) is 18.8 Å². The Morgan fingerprint density at radius 2 is 1.22 bits per heavy atom. The average Bonchev–Trinajstić information content (AvgIpc) is 2.98. The number of ether oxygens (including phenoxy) is 3. The van der Waals surface area contributed by atoms with Crippen LogP contribution in [0.4, 0.5) is 8.78 Å². The molecule has 214 valence electrons. The van der Waals surface area contributed by atoms with Gasteiger partial charge in [-0.25, -0.2) is 23.2 Å². The smallest absolute Gasteiger partial charge is 0.343 e. The minimum Gasteiger partial charge on any atom is -0.463 e. The molecule has 41 heavy (non-hydrogen) atoms. The Morgan fingerprint density at radius 3 is 1.73 bits per heavy atom. The highest BCUT2D eigenvalue weighted by Gasteiger charge is 2.14. The molecule has 0 atom stereocenters. The Hall–Kier alpha value is -4.59. The molecule has 0 aliphatic heterocycles. The lowest BCUT2D eigenvalue weighted by atomic mass is 10.00. The summed E-state index contributed by atoms with van der Waals surface area (Å²) in [6.07, 6.45) is 6.13. The van der Waals surface area contributed by atoms with E-state index in [1.807, 2.05) is 6.07 Å². The molecule has 0 unspecified atom stereocenters. The number of hydrogen-bond acceptors (Lipinski definition) is 6. The highest BCUT2D eigenvalue weighted by Crippen LogP contribution is 2.26. The Balaban J connectivity index is 1.51. The number of rotatable bonds is 15. The van der Waals surface area contributed by atoms with Crippen LogP contribution in [-0.4, -0.2) is 31.1 Å². The van der Waals surface area contributed by atoms with Crippen LogP contribution in [0.3, 0.4) is 0 Å². The van der Waals surface area contributed by atoms with Gasteiger partial charge < -0.3 is 14.2 Å². The van der Waals surface area contributed by atoms with Crippen molar-refractivity contribution >= 4 is 17.9 Å². The molecule has 3 aromatic rings. The Bertz CT molecular complexity index is 1380. The summed E-state index contributed by atoms with van der Waals surface area (Å²) < 4.78 is 44.4. The van der Waals surface area contributed by atoms with Gasteiger partial charge in [-0.1, -0.05) is 43.5 Å². The SMILES string of the molecule is C=CC(=O)OCCCCc1ccc(OC(=O)c2ccc(-c3ccc(CCCCOC(=O)C=C)cc3F)cc2)c(F)c1. The van der Waals surface area contributed by atoms with E-state index >= 15 is 0 Å². The second kappa shape index (κ2) is 15.9. The molecule has 0 N–H and O–H groups in total. The first-order valence-corrected chi connectivity index (χ1v) is 13.3. The topological polar surface area (TPSA) is 78.9 Å². The summed E-state index contributed by atoms with van der Waals surface area (Å²) in [6.45, 7) is 7.22. The zero-order valence-corrected chi connectivity index (χ0v) is 22.7. The van der Waals surface area contributed by atoms with Gasteiger partial charge >= 0.3 is 17.9 Å². The third-order valence-electron chi connectivity index (χ3n) is 6.21. The van der Waals surface area contributed by atoms with E-state index in [4.69, 9.17) is 14.2 Å². The lowest BCUT2D eigenvalue weighted by Gasteiger charge is -2.09. The molecule has 0 aliphatic carbocycles. The van der Waals surface area contributed by atoms with Gasteiger partial charge in [-0.15, -0.1) is 0 Å². The first-order chi connectivity index (χ1) is 19.8. The van der Waals surface area contributed by atoms with Gasteiger partial charge in [-0.3, -0.25) is 0 Å². The molecule has 0 saturated heterocycles. The van der Waals surface area contributed by atoms with Gasteiger partial charge in [0, 0.05) is 17.7 Å². The van der Waals surface area contributed by atoms with Gasteiger partial charge in [0.2, 0.25) is 0 Å². The van der Waals surface area contributed by atoms with Crippen molar-refractivity contribution < 1.29 is 37.4 Å². The normalized spacial score (nSPS) is 10.5. The van der Waals surface area contributed by atoms with Crippen LogP contribution in [0.25, 0.3) is 11.1 Å². The van der Waals surface area contributed by atoms with Crippen molar-refractivity contribution in [2.45, 2.75) is 38.5 Å². The van der Waals surface area contributed by atoms with Crippen LogP contribution in [-0.2, 0) is 31.9 Å². The lowest BCUT2D eigenvalue weighted by molar-refractivity contribution is -0.138. The maximum absolute atomic E-state index is 14.8. The molecule has 6 nitrogen and oxygen atoms in total. The van der Waals surface area contributed by atoms with Gasteiger partial charge in [-0.05, 0) is 85.5 Å². The number of carbonyl (C=O) groups excluding carboxylic acids is 3. The summed E-state index contributed by atoms with van der Waals surface area (Å²) in [5.74, 6) is -2.92. The Kier molecular flexibility index (Phi) is 12.0. The maximum atomic E-state index is 14.8. The largest absolute Gasteiger partial charge is 0.463 e. The van der Waals surface area contributed by atoms with Crippen molar-refractivity contribution in [1.82, 2.24) is 0 Å². The van der Waals surface area contributed by atoms with Crippen molar-refractivity contribution in [2.75, 3.05) is 13.2 Å². The van der Waals surface area contributed by atoms with E-state index in [1.54, 1.807) is 24.3 Å². The molecule has 0 heterocycles. The Morgan fingerprint density at radius 1 is 0.683 bits per heavy atom. The molecular formula is C33H32F2O6. The third-order valence-corrected chi connectivity index (χ3v) is 6.21. The van der Waals surface area contributed by atoms with E-state index in [2.05, 4.69) is 13.2 Å². The zero-order chi connectivity index (χ0) is 29.6. The van der Waals surface area contributed by atoms with Crippen molar-refractivity contribution in [3.05, 3.63) is 114 Å². The number of hydrogen-bond donors (Lipinski definition) is 0. The zero-order valence-electron chi connectivity index (χ0n) is 22.7. The van der Waals surface area contributed by atoms with Crippen LogP contribution in [0, 0.1) is 11.6 Å². The van der Waals surface area contributed by atoms with Gasteiger partial charge in [0.15, 0.2) is 11.6 Å². The number of carbonyl (C=O) groups is 3. The van der Waals surface area contributed by atoms with E-state index in [9.17, 15) is 23.2 Å². The standard InChI is InChI=1S/C33H32F2O6/c1-3-31(36)39-19-7-5-9-23-11-17-27(28(34)21-23)25-13-15-26(16-14-25)33(38)41-30-18-12-24(22-29(30)35)10-6-8-20-40-32(37)4-2/h3-4,11-18,21-22H,1-2,5-10,19-20H2. The van der Waals surface area contributed by atoms with Crippen LogP contribution in [0.1, 0.15) is 47.2 Å². The summed E-state index contributed by atoms with van der Waals surface area (Å²) in [5.41, 5.74) is 2.71. The predicted octanol–water partition coefficient (Wildman–Crippen LogP) is 6.95. The molecule has 0 bridgehead atoms. The quantitative estimate of drug-likeness (QED) is 0.0863. The van der Waals surface area contributed by atoms with E-state index in [1.165, 1.54) is 30.3 Å². The summed E-state index contributed by atoms with van der Waals surface area (Å²) in [5, 5.41) is 0. The molecule has 0 fully saturated rings. The summed E-state index contributed by atoms with van der Waals surface area (Å²) in [6, 6.07) is 15.6. The molecule has 3 rings (SSSR count). The summed E-state index contributed by atoms with van der Waals surface area (Å²) >= 11 is 0. The maximum Gasteiger partial charge on any atom is 0.343 e. The molecule has 0 aromatic heterocycles. The fraction of sp³-hybridized carbons (Fsp3) is 0.242. The number of aryl methyl sites for hydroxylation is 2. The second-order valence-corrected chi connectivity index (χ2v) is 9.20. The summed E-state index contributed by atoms with van der Waals surface area (Å²) in [4.78, 5) is 34.7. The van der Waals surface area contributed by atoms with Crippen LogP contribution in [0.5, 0.6) is 5.75 Å². The molecule has 0 saturated carbocycles. The number of unbranched alkanes of at least 4 members (excludes halogenated alkanes) is 2. The minimum absolute atomic E-state index is 0.191. The first-order valence-electron chi connectivity index (χ1n) is 13.3. The Labute approximate surface area is 238 Å². The lowest BCUT2D eigenvalue weighted by Crippen LogP contribution is -2.09. The van der Waals surface area contributed by atoms with Crippen LogP contribution < -0.4 is 4.74 Å². The van der Waals surface area contributed by atoms with Gasteiger partial charge in [-0.2, -0.15) is 0 Å². The molecule has 0 aliphatic rings. The molecule has 0 amide bonds. The fourth-order valence-corrected chi connectivity index (χ4v) is 4.00. The predicted molar refractivity (Wildman–Crippen MR) is 151 cm³/mol. The highest BCUT2D eigenvalue weighted by atomic mass is 19.1. The summed E-state index contributed by atoms with van der Waals surface area (Å²) in [7, 11) is 0. The second-order valence-electron chi connectivity index (χ2n) is 9.20. The first kappa shape index (κ1) is 30.9. The number of halogens is 2. The average molecular weight is 563 g/mol. The van der Waals surface area contributed by atoms with E-state index in [0.29, 0.717) is 43.2 Å². The van der Waals surface area contributed by atoms with E-state index < -0.39 is 29.5 Å². The van der Waals surface area contributed by atoms with Crippen LogP contribution >= 0.6 is 0 Å². The van der Waals surface area contributed by atoms with Crippen LogP contribution in [0.15, 0.2) is 86.0 Å². The molecule has 0 spiro atoms. The van der Waals surface area contributed by atoms with Crippen molar-refractivity contribution in [1.29, 1.82) is 0 Å². The van der Waals surface area contributed by atoms with Gasteiger partial charge in [0.1, 0.15) is 5.82 Å². The molecule has 8 heteroatoms. The molecule has 0 radical (unpaired) electrons. The van der Waals surface area contributed by atoms with Crippen LogP contribution in [0.2, 0.25) is 0 Å². The number of benzene rings is 3. The number of esters is 3. The highest BCUT2D eigenvalue weighted by molar-refractivity contribution is 5.91. The molecular weight excluding hydrogens is 530 g/mol. The molecule has 3 aromatic carbocycles.